The molecule has 2 aliphatic heterocycles. The number of rotatable bonds is 4. The molecule has 1 amide bonds. The number of hydrogen-bond acceptors (Lipinski definition) is 3. The van der Waals surface area contributed by atoms with E-state index >= 15 is 0 Å². The highest BCUT2D eigenvalue weighted by atomic mass is 79.9. The van der Waals surface area contributed by atoms with Crippen LogP contribution in [0, 0.1) is 0 Å². The molecule has 3 aliphatic rings. The number of carbonyl (C=O) groups excluding carboxylic acids is 1. The summed E-state index contributed by atoms with van der Waals surface area (Å²) in [5, 5.41) is 3.02. The van der Waals surface area contributed by atoms with Crippen molar-refractivity contribution in [1.29, 1.82) is 0 Å². The number of ether oxygens (including phenoxy) is 2. The summed E-state index contributed by atoms with van der Waals surface area (Å²) >= 11 is 3.64. The minimum Gasteiger partial charge on any atom is -0.374 e. The van der Waals surface area contributed by atoms with E-state index in [1.165, 1.54) is 11.1 Å². The van der Waals surface area contributed by atoms with Crippen molar-refractivity contribution >= 4 is 27.5 Å². The molecular formula is C23H22BrNO3. The normalized spacial score (nSPS) is 25.8. The Kier molecular flexibility index (Phi) is 4.62. The third-order valence-electron chi connectivity index (χ3n) is 5.99. The molecule has 0 fully saturated rings. The van der Waals surface area contributed by atoms with Gasteiger partial charge >= 0.3 is 0 Å². The van der Waals surface area contributed by atoms with E-state index in [4.69, 9.17) is 9.47 Å². The number of anilines is 1. The van der Waals surface area contributed by atoms with Gasteiger partial charge in [0.1, 0.15) is 6.10 Å². The van der Waals surface area contributed by atoms with Crippen molar-refractivity contribution < 1.29 is 14.3 Å². The minimum atomic E-state index is -0.959. The maximum absolute atomic E-state index is 13.1. The van der Waals surface area contributed by atoms with Gasteiger partial charge in [0.15, 0.2) is 5.60 Å². The Bertz CT molecular complexity index is 956. The van der Waals surface area contributed by atoms with Crippen LogP contribution < -0.4 is 5.32 Å². The lowest BCUT2D eigenvalue weighted by Gasteiger charge is -2.38. The molecule has 5 heteroatoms. The zero-order chi connectivity index (χ0) is 19.1. The number of carbonyl (C=O) groups is 1. The first kappa shape index (κ1) is 18.1. The van der Waals surface area contributed by atoms with Crippen LogP contribution in [0.1, 0.15) is 36.8 Å². The zero-order valence-electron chi connectivity index (χ0n) is 15.5. The fourth-order valence-corrected chi connectivity index (χ4v) is 5.41. The number of hydrogen-bond donors (Lipinski definition) is 1. The Morgan fingerprint density at radius 1 is 1.14 bits per heavy atom. The molecule has 1 aliphatic carbocycles. The van der Waals surface area contributed by atoms with Crippen molar-refractivity contribution in [3.8, 4) is 0 Å². The third kappa shape index (κ3) is 2.93. The van der Waals surface area contributed by atoms with Crippen molar-refractivity contribution in [2.75, 3.05) is 11.9 Å². The van der Waals surface area contributed by atoms with Crippen LogP contribution in [0.5, 0.6) is 0 Å². The molecule has 0 bridgehead atoms. The molecule has 0 saturated heterocycles. The van der Waals surface area contributed by atoms with Gasteiger partial charge in [-0.2, -0.15) is 0 Å². The molecule has 1 spiro atoms. The third-order valence-corrected chi connectivity index (χ3v) is 6.65. The number of amides is 1. The molecule has 0 saturated carbocycles. The van der Waals surface area contributed by atoms with Crippen molar-refractivity contribution in [2.45, 2.75) is 44.0 Å². The first-order valence-electron chi connectivity index (χ1n) is 9.78. The van der Waals surface area contributed by atoms with Crippen LogP contribution in [0.25, 0.3) is 0 Å². The van der Waals surface area contributed by atoms with Crippen LogP contribution in [0.15, 0.2) is 64.1 Å². The van der Waals surface area contributed by atoms with E-state index in [-0.39, 0.29) is 12.0 Å². The minimum absolute atomic E-state index is 0.0686. The van der Waals surface area contributed by atoms with Gasteiger partial charge in [0, 0.05) is 22.1 Å². The first-order valence-corrected chi connectivity index (χ1v) is 10.6. The van der Waals surface area contributed by atoms with E-state index in [2.05, 4.69) is 33.4 Å². The predicted molar refractivity (Wildman–Crippen MR) is 111 cm³/mol. The Labute approximate surface area is 173 Å². The second-order valence-electron chi connectivity index (χ2n) is 7.71. The highest BCUT2D eigenvalue weighted by Gasteiger charge is 2.54. The highest BCUT2D eigenvalue weighted by Crippen LogP contribution is 2.53. The van der Waals surface area contributed by atoms with Crippen LogP contribution >= 0.6 is 15.9 Å². The second-order valence-corrected chi connectivity index (χ2v) is 8.56. The summed E-state index contributed by atoms with van der Waals surface area (Å²) in [6, 6.07) is 16.0. The molecule has 0 aromatic heterocycles. The molecule has 2 aromatic rings. The number of nitrogens with one attached hydrogen (secondary N) is 1. The fraction of sp³-hybridized carbons (Fsp3) is 0.348. The maximum atomic E-state index is 13.1. The smallest absolute Gasteiger partial charge is 0.261 e. The van der Waals surface area contributed by atoms with Gasteiger partial charge in [-0.1, -0.05) is 57.9 Å². The van der Waals surface area contributed by atoms with Gasteiger partial charge in [0.2, 0.25) is 0 Å². The molecule has 28 heavy (non-hydrogen) atoms. The highest BCUT2D eigenvalue weighted by molar-refractivity contribution is 9.10. The number of fused-ring (bicyclic) bond motifs is 2. The average molecular weight is 440 g/mol. The molecular weight excluding hydrogens is 418 g/mol. The Morgan fingerprint density at radius 3 is 2.86 bits per heavy atom. The Morgan fingerprint density at radius 2 is 2.00 bits per heavy atom. The van der Waals surface area contributed by atoms with Crippen LogP contribution in [-0.4, -0.2) is 18.6 Å². The van der Waals surface area contributed by atoms with E-state index in [9.17, 15) is 4.79 Å². The van der Waals surface area contributed by atoms with Gasteiger partial charge in [0.05, 0.1) is 13.2 Å². The van der Waals surface area contributed by atoms with E-state index in [0.717, 1.165) is 40.5 Å². The lowest BCUT2D eigenvalue weighted by Crippen LogP contribution is -2.45. The molecule has 2 heterocycles. The van der Waals surface area contributed by atoms with Gasteiger partial charge < -0.3 is 14.8 Å². The van der Waals surface area contributed by atoms with Crippen LogP contribution in [0.2, 0.25) is 0 Å². The summed E-state index contributed by atoms with van der Waals surface area (Å²) < 4.78 is 13.5. The van der Waals surface area contributed by atoms with Crippen molar-refractivity contribution in [1.82, 2.24) is 0 Å². The second kappa shape index (κ2) is 7.14. The van der Waals surface area contributed by atoms with Crippen LogP contribution in [0.4, 0.5) is 5.69 Å². The summed E-state index contributed by atoms with van der Waals surface area (Å²) in [5.41, 5.74) is 4.65. The summed E-state index contributed by atoms with van der Waals surface area (Å²) in [5.74, 6) is -0.0686. The number of halogens is 1. The summed E-state index contributed by atoms with van der Waals surface area (Å²) in [6.07, 6.45) is 3.67. The van der Waals surface area contributed by atoms with Gasteiger partial charge in [-0.05, 0) is 42.5 Å². The quantitative estimate of drug-likeness (QED) is 0.675. The van der Waals surface area contributed by atoms with E-state index in [1.54, 1.807) is 0 Å². The largest absolute Gasteiger partial charge is 0.374 e. The molecule has 4 nitrogen and oxygen atoms in total. The predicted octanol–water partition coefficient (Wildman–Crippen LogP) is 5.08. The first-order chi connectivity index (χ1) is 13.7. The average Bonchev–Trinajstić information content (AvgIpc) is 3.27. The van der Waals surface area contributed by atoms with E-state index < -0.39 is 5.60 Å². The molecule has 5 rings (SSSR count). The van der Waals surface area contributed by atoms with E-state index in [0.29, 0.717) is 19.6 Å². The lowest BCUT2D eigenvalue weighted by atomic mass is 9.83. The van der Waals surface area contributed by atoms with Crippen molar-refractivity contribution in [3.05, 3.63) is 75.3 Å². The van der Waals surface area contributed by atoms with Crippen LogP contribution in [-0.2, 0) is 26.5 Å². The molecule has 0 radical (unpaired) electrons. The Balaban J connectivity index is 1.43. The lowest BCUT2D eigenvalue weighted by molar-refractivity contribution is -0.156. The monoisotopic (exact) mass is 439 g/mol. The summed E-state index contributed by atoms with van der Waals surface area (Å²) in [4.78, 5) is 13.1. The molecule has 1 N–H and O–H groups in total. The Hall–Kier alpha value is -1.95. The van der Waals surface area contributed by atoms with Gasteiger partial charge in [-0.15, -0.1) is 0 Å². The van der Waals surface area contributed by atoms with E-state index in [1.807, 2.05) is 36.4 Å². The van der Waals surface area contributed by atoms with Gasteiger partial charge in [-0.3, -0.25) is 4.79 Å². The molecule has 2 aromatic carbocycles. The van der Waals surface area contributed by atoms with Gasteiger partial charge in [0.25, 0.3) is 5.91 Å². The SMILES string of the molecule is O=C1Nc2cccc(Br)c2[C@]12CC1=C(CCC1)[C@@H](COCc1ccccc1)O2. The molecule has 2 atom stereocenters. The summed E-state index contributed by atoms with van der Waals surface area (Å²) in [6.45, 7) is 1.01. The topological polar surface area (TPSA) is 47.6 Å². The van der Waals surface area contributed by atoms with Crippen molar-refractivity contribution in [3.63, 3.8) is 0 Å². The summed E-state index contributed by atoms with van der Waals surface area (Å²) in [7, 11) is 0. The fourth-order valence-electron chi connectivity index (χ4n) is 4.73. The van der Waals surface area contributed by atoms with Crippen molar-refractivity contribution in [2.24, 2.45) is 0 Å². The van der Waals surface area contributed by atoms with Crippen LogP contribution in [0.3, 0.4) is 0 Å². The molecule has 0 unspecified atom stereocenters. The maximum Gasteiger partial charge on any atom is 0.261 e. The zero-order valence-corrected chi connectivity index (χ0v) is 17.1. The standard InChI is InChI=1S/C23H22BrNO3/c24-18-10-5-11-19-21(18)23(22(26)25-19)12-16-8-4-9-17(16)20(28-23)14-27-13-15-6-2-1-3-7-15/h1-3,5-7,10-11,20H,4,8-9,12-14H2,(H,25,26)/t20-,23-/m1/s1. The van der Waals surface area contributed by atoms with Gasteiger partial charge in [-0.25, -0.2) is 0 Å². The molecule has 144 valence electrons. The number of benzene rings is 2.